The van der Waals surface area contributed by atoms with Crippen molar-refractivity contribution in [1.82, 2.24) is 9.88 Å². The quantitative estimate of drug-likeness (QED) is 0.592. The van der Waals surface area contributed by atoms with Crippen molar-refractivity contribution in [2.45, 2.75) is 45.4 Å². The van der Waals surface area contributed by atoms with Crippen LogP contribution in [0.5, 0.6) is 0 Å². The van der Waals surface area contributed by atoms with Crippen molar-refractivity contribution in [3.63, 3.8) is 0 Å². The molecule has 0 unspecified atom stereocenters. The van der Waals surface area contributed by atoms with Crippen LogP contribution in [0.1, 0.15) is 49.7 Å². The fourth-order valence-corrected chi connectivity index (χ4v) is 3.72. The number of nitrogens with zero attached hydrogens (tertiary/aromatic N) is 2. The molecule has 1 amide bonds. The molecule has 0 atom stereocenters. The van der Waals surface area contributed by atoms with Crippen molar-refractivity contribution >= 4 is 23.2 Å². The van der Waals surface area contributed by atoms with E-state index in [-0.39, 0.29) is 18.5 Å². The standard InChI is InChI=1S/C17H24N2O3S/c1-4-15-11-23-16(18-15)14-5-8-19(9-6-14)17(21)12(2)7-10-22-13(3)20/h11,14H,2,4-10H2,1,3H3. The third-order valence-corrected chi connectivity index (χ3v) is 5.13. The van der Waals surface area contributed by atoms with Gasteiger partial charge in [0.25, 0.3) is 0 Å². The number of carbonyl (C=O) groups is 2. The summed E-state index contributed by atoms with van der Waals surface area (Å²) in [4.78, 5) is 29.6. The predicted molar refractivity (Wildman–Crippen MR) is 90.4 cm³/mol. The van der Waals surface area contributed by atoms with Crippen molar-refractivity contribution in [2.24, 2.45) is 0 Å². The molecule has 126 valence electrons. The van der Waals surface area contributed by atoms with E-state index in [0.29, 0.717) is 17.9 Å². The minimum Gasteiger partial charge on any atom is -0.466 e. The lowest BCUT2D eigenvalue weighted by molar-refractivity contribution is -0.141. The Balaban J connectivity index is 1.80. The van der Waals surface area contributed by atoms with Crippen LogP contribution in [-0.2, 0) is 20.7 Å². The Morgan fingerprint density at radius 3 is 2.70 bits per heavy atom. The summed E-state index contributed by atoms with van der Waals surface area (Å²) in [5.41, 5.74) is 1.66. The van der Waals surface area contributed by atoms with Gasteiger partial charge < -0.3 is 9.64 Å². The van der Waals surface area contributed by atoms with E-state index in [4.69, 9.17) is 4.74 Å². The molecule has 0 spiro atoms. The number of carbonyl (C=O) groups excluding carboxylic acids is 2. The van der Waals surface area contributed by atoms with E-state index in [9.17, 15) is 9.59 Å². The van der Waals surface area contributed by atoms with Crippen LogP contribution in [0.15, 0.2) is 17.5 Å². The lowest BCUT2D eigenvalue weighted by Crippen LogP contribution is -2.38. The molecule has 0 aliphatic carbocycles. The molecule has 1 fully saturated rings. The molecule has 1 saturated heterocycles. The molecule has 0 saturated carbocycles. The molecule has 1 aliphatic rings. The highest BCUT2D eigenvalue weighted by Gasteiger charge is 2.26. The summed E-state index contributed by atoms with van der Waals surface area (Å²) < 4.78 is 4.86. The fourth-order valence-electron chi connectivity index (χ4n) is 2.65. The van der Waals surface area contributed by atoms with Crippen molar-refractivity contribution in [2.75, 3.05) is 19.7 Å². The number of amides is 1. The molecule has 23 heavy (non-hydrogen) atoms. The summed E-state index contributed by atoms with van der Waals surface area (Å²) in [7, 11) is 0. The molecule has 5 nitrogen and oxygen atoms in total. The minimum atomic E-state index is -0.332. The second kappa shape index (κ2) is 8.24. The molecule has 1 aromatic heterocycles. The van der Waals surface area contributed by atoms with Gasteiger partial charge in [-0.15, -0.1) is 11.3 Å². The van der Waals surface area contributed by atoms with Crippen LogP contribution in [0, 0.1) is 0 Å². The summed E-state index contributed by atoms with van der Waals surface area (Å²) in [6, 6.07) is 0. The van der Waals surface area contributed by atoms with Crippen LogP contribution >= 0.6 is 11.3 Å². The van der Waals surface area contributed by atoms with E-state index < -0.39 is 0 Å². The van der Waals surface area contributed by atoms with Gasteiger partial charge in [-0.2, -0.15) is 0 Å². The maximum atomic E-state index is 12.3. The van der Waals surface area contributed by atoms with E-state index in [0.717, 1.165) is 38.0 Å². The minimum absolute atomic E-state index is 0.0241. The normalized spacial score (nSPS) is 15.5. The zero-order chi connectivity index (χ0) is 16.8. The van der Waals surface area contributed by atoms with E-state index in [1.165, 1.54) is 11.9 Å². The summed E-state index contributed by atoms with van der Waals surface area (Å²) in [5.74, 6) is 0.101. The molecule has 2 heterocycles. The molecule has 2 rings (SSSR count). The fraction of sp³-hybridized carbons (Fsp3) is 0.588. The van der Waals surface area contributed by atoms with Crippen LogP contribution in [0.4, 0.5) is 0 Å². The molecule has 0 aromatic carbocycles. The number of hydrogen-bond donors (Lipinski definition) is 0. The Labute approximate surface area is 141 Å². The molecule has 0 N–H and O–H groups in total. The van der Waals surface area contributed by atoms with E-state index in [1.807, 2.05) is 4.90 Å². The number of hydrogen-bond acceptors (Lipinski definition) is 5. The number of rotatable bonds is 6. The first kappa shape index (κ1) is 17.7. The largest absolute Gasteiger partial charge is 0.466 e. The lowest BCUT2D eigenvalue weighted by atomic mass is 9.97. The van der Waals surface area contributed by atoms with Crippen LogP contribution < -0.4 is 0 Å². The van der Waals surface area contributed by atoms with Crippen LogP contribution in [-0.4, -0.2) is 41.5 Å². The summed E-state index contributed by atoms with van der Waals surface area (Å²) in [5, 5.41) is 3.33. The van der Waals surface area contributed by atoms with Gasteiger partial charge in [0.1, 0.15) is 0 Å². The average molecular weight is 336 g/mol. The first-order valence-corrected chi connectivity index (χ1v) is 8.94. The smallest absolute Gasteiger partial charge is 0.302 e. The van der Waals surface area contributed by atoms with Crippen molar-refractivity contribution in [1.29, 1.82) is 0 Å². The summed E-state index contributed by atoms with van der Waals surface area (Å²) in [6.45, 7) is 8.98. The second-order valence-electron chi connectivity index (χ2n) is 5.79. The van der Waals surface area contributed by atoms with Gasteiger partial charge in [-0.1, -0.05) is 13.5 Å². The van der Waals surface area contributed by atoms with Gasteiger partial charge >= 0.3 is 5.97 Å². The molecule has 0 radical (unpaired) electrons. The first-order chi connectivity index (χ1) is 11.0. The number of ether oxygens (including phenoxy) is 1. The maximum absolute atomic E-state index is 12.3. The zero-order valence-corrected chi connectivity index (χ0v) is 14.7. The average Bonchev–Trinajstić information content (AvgIpc) is 3.03. The van der Waals surface area contributed by atoms with Gasteiger partial charge in [-0.25, -0.2) is 4.98 Å². The molecule has 6 heteroatoms. The van der Waals surface area contributed by atoms with Crippen molar-refractivity contribution in [3.05, 3.63) is 28.2 Å². The number of aromatic nitrogens is 1. The SMILES string of the molecule is C=C(CCOC(C)=O)C(=O)N1CCC(c2nc(CC)cs2)CC1. The van der Waals surface area contributed by atoms with Gasteiger partial charge in [-0.3, -0.25) is 9.59 Å². The third-order valence-electron chi connectivity index (χ3n) is 4.07. The Kier molecular flexibility index (Phi) is 6.33. The number of piperidine rings is 1. The Hall–Kier alpha value is -1.69. The molecular weight excluding hydrogens is 312 g/mol. The van der Waals surface area contributed by atoms with Gasteiger partial charge in [0, 0.05) is 43.3 Å². The lowest BCUT2D eigenvalue weighted by Gasteiger charge is -2.31. The monoisotopic (exact) mass is 336 g/mol. The predicted octanol–water partition coefficient (Wildman–Crippen LogP) is 2.92. The second-order valence-corrected chi connectivity index (χ2v) is 6.68. The van der Waals surface area contributed by atoms with Crippen LogP contribution in [0.2, 0.25) is 0 Å². The topological polar surface area (TPSA) is 59.5 Å². The molecule has 1 aliphatic heterocycles. The van der Waals surface area contributed by atoms with Gasteiger partial charge in [-0.05, 0) is 19.3 Å². The van der Waals surface area contributed by atoms with E-state index in [2.05, 4.69) is 23.9 Å². The highest BCUT2D eigenvalue weighted by molar-refractivity contribution is 7.09. The summed E-state index contributed by atoms with van der Waals surface area (Å²) in [6.07, 6.45) is 3.25. The maximum Gasteiger partial charge on any atom is 0.302 e. The molecule has 1 aromatic rings. The third kappa shape index (κ3) is 4.89. The Morgan fingerprint density at radius 2 is 2.13 bits per heavy atom. The number of aryl methyl sites for hydroxylation is 1. The van der Waals surface area contributed by atoms with Crippen molar-refractivity contribution < 1.29 is 14.3 Å². The van der Waals surface area contributed by atoms with Crippen LogP contribution in [0.3, 0.4) is 0 Å². The Morgan fingerprint density at radius 1 is 1.43 bits per heavy atom. The van der Waals surface area contributed by atoms with E-state index in [1.54, 1.807) is 11.3 Å². The van der Waals surface area contributed by atoms with Crippen molar-refractivity contribution in [3.8, 4) is 0 Å². The van der Waals surface area contributed by atoms with Gasteiger partial charge in [0.2, 0.25) is 5.91 Å². The Bertz CT molecular complexity index is 574. The first-order valence-electron chi connectivity index (χ1n) is 8.06. The van der Waals surface area contributed by atoms with Gasteiger partial charge in [0.15, 0.2) is 0 Å². The number of thiazole rings is 1. The van der Waals surface area contributed by atoms with E-state index >= 15 is 0 Å². The molecule has 0 bridgehead atoms. The molecular formula is C17H24N2O3S. The number of likely N-dealkylation sites (tertiary alicyclic amines) is 1. The highest BCUT2D eigenvalue weighted by Crippen LogP contribution is 2.30. The number of esters is 1. The summed E-state index contributed by atoms with van der Waals surface area (Å²) >= 11 is 1.73. The van der Waals surface area contributed by atoms with Crippen LogP contribution in [0.25, 0.3) is 0 Å². The highest BCUT2D eigenvalue weighted by atomic mass is 32.1. The zero-order valence-electron chi connectivity index (χ0n) is 13.8. The van der Waals surface area contributed by atoms with Gasteiger partial charge in [0.05, 0.1) is 17.3 Å².